The van der Waals surface area contributed by atoms with Crippen LogP contribution in [0.2, 0.25) is 0 Å². The molecule has 0 aliphatic carbocycles. The highest BCUT2D eigenvalue weighted by molar-refractivity contribution is 5.83. The first-order valence-corrected chi connectivity index (χ1v) is 12.0. The number of carbonyl (C=O) groups excluding carboxylic acids is 1. The fourth-order valence-electron chi connectivity index (χ4n) is 4.56. The molecule has 172 valence electrons. The highest BCUT2D eigenvalue weighted by Gasteiger charge is 2.23. The van der Waals surface area contributed by atoms with E-state index in [0.717, 1.165) is 38.8 Å². The van der Waals surface area contributed by atoms with Crippen LogP contribution in [0.5, 0.6) is 0 Å². The van der Waals surface area contributed by atoms with E-state index in [9.17, 15) is 9.90 Å². The lowest BCUT2D eigenvalue weighted by molar-refractivity contribution is -0.125. The summed E-state index contributed by atoms with van der Waals surface area (Å²) in [5, 5.41) is 19.0. The average Bonchev–Trinajstić information content (AvgIpc) is 2.87. The highest BCUT2D eigenvalue weighted by atomic mass is 16.3. The average molecular weight is 443 g/mol. The van der Waals surface area contributed by atoms with Crippen LogP contribution in [0, 0.1) is 11.8 Å². The zero-order chi connectivity index (χ0) is 22.9. The molecule has 1 fully saturated rings. The monoisotopic (exact) mass is 442 g/mol. The van der Waals surface area contributed by atoms with Gasteiger partial charge in [0, 0.05) is 19.1 Å². The number of aliphatic hydroxyl groups is 1. The lowest BCUT2D eigenvalue weighted by Crippen LogP contribution is -2.44. The number of carbonyl (C=O) groups is 1. The molecule has 1 heterocycles. The Hall–Kier alpha value is -2.95. The highest BCUT2D eigenvalue weighted by Crippen LogP contribution is 2.18. The maximum Gasteiger partial charge on any atom is 0.224 e. The molecule has 3 aromatic carbocycles. The minimum absolute atomic E-state index is 0.0137. The van der Waals surface area contributed by atoms with E-state index < -0.39 is 0 Å². The van der Waals surface area contributed by atoms with Crippen molar-refractivity contribution in [2.75, 3.05) is 19.7 Å². The third-order valence-electron chi connectivity index (χ3n) is 6.46. The molecule has 33 heavy (non-hydrogen) atoms. The summed E-state index contributed by atoms with van der Waals surface area (Å²) >= 11 is 0. The standard InChI is InChI=1S/C29H34N2O2/c32-21-24(17-22-7-2-1-3-8-22)13-15-28(31-29(33)27-11-6-16-30-20-27)19-23-12-14-25-9-4-5-10-26(25)18-23/h1-5,7-10,12-15,18,24,27-28,30,32H,6,11,16-17,19-21H2,(H,31,33)/b15-13+/t24?,27?,28-/m0/s1. The van der Waals surface area contributed by atoms with Gasteiger partial charge in [0.15, 0.2) is 0 Å². The third kappa shape index (κ3) is 6.77. The van der Waals surface area contributed by atoms with Crippen molar-refractivity contribution in [3.63, 3.8) is 0 Å². The lowest BCUT2D eigenvalue weighted by atomic mass is 9.95. The second-order valence-electron chi connectivity index (χ2n) is 9.06. The molecule has 1 aliphatic heterocycles. The summed E-state index contributed by atoms with van der Waals surface area (Å²) in [5.74, 6) is 0.144. The van der Waals surface area contributed by atoms with E-state index in [1.807, 2.05) is 24.3 Å². The number of hydrogen-bond acceptors (Lipinski definition) is 3. The summed E-state index contributed by atoms with van der Waals surface area (Å²) in [6.07, 6.45) is 7.60. The first-order chi connectivity index (χ1) is 16.2. The van der Waals surface area contributed by atoms with Crippen molar-refractivity contribution in [2.45, 2.75) is 31.7 Å². The van der Waals surface area contributed by atoms with Gasteiger partial charge in [0.2, 0.25) is 5.91 Å². The molecule has 0 bridgehead atoms. The van der Waals surface area contributed by atoms with Gasteiger partial charge in [0.25, 0.3) is 0 Å². The van der Waals surface area contributed by atoms with Crippen LogP contribution in [0.25, 0.3) is 10.8 Å². The number of benzene rings is 3. The van der Waals surface area contributed by atoms with Gasteiger partial charge in [-0.2, -0.15) is 0 Å². The Labute approximate surface area is 196 Å². The Morgan fingerprint density at radius 1 is 0.970 bits per heavy atom. The van der Waals surface area contributed by atoms with Gasteiger partial charge in [-0.15, -0.1) is 0 Å². The van der Waals surface area contributed by atoms with Crippen LogP contribution >= 0.6 is 0 Å². The van der Waals surface area contributed by atoms with Gasteiger partial charge < -0.3 is 15.7 Å². The molecule has 3 aromatic rings. The van der Waals surface area contributed by atoms with Crippen LogP contribution in [-0.2, 0) is 17.6 Å². The van der Waals surface area contributed by atoms with E-state index in [0.29, 0.717) is 0 Å². The zero-order valence-electron chi connectivity index (χ0n) is 19.1. The predicted molar refractivity (Wildman–Crippen MR) is 135 cm³/mol. The maximum absolute atomic E-state index is 13.0. The number of aliphatic hydroxyl groups excluding tert-OH is 1. The first kappa shape index (κ1) is 23.2. The van der Waals surface area contributed by atoms with Crippen LogP contribution in [0.1, 0.15) is 24.0 Å². The molecule has 4 nitrogen and oxygen atoms in total. The Morgan fingerprint density at radius 3 is 2.52 bits per heavy atom. The van der Waals surface area contributed by atoms with Crippen molar-refractivity contribution in [1.82, 2.24) is 10.6 Å². The van der Waals surface area contributed by atoms with Crippen molar-refractivity contribution in [3.8, 4) is 0 Å². The van der Waals surface area contributed by atoms with Gasteiger partial charge >= 0.3 is 0 Å². The van der Waals surface area contributed by atoms with Crippen LogP contribution in [0.3, 0.4) is 0 Å². The molecule has 2 unspecified atom stereocenters. The largest absolute Gasteiger partial charge is 0.396 e. The van der Waals surface area contributed by atoms with Gasteiger partial charge in [-0.05, 0) is 54.1 Å². The second kappa shape index (κ2) is 11.8. The molecule has 0 radical (unpaired) electrons. The fourth-order valence-corrected chi connectivity index (χ4v) is 4.56. The van der Waals surface area contributed by atoms with E-state index in [4.69, 9.17) is 0 Å². The summed E-state index contributed by atoms with van der Waals surface area (Å²) < 4.78 is 0. The molecule has 0 spiro atoms. The molecule has 1 amide bonds. The smallest absolute Gasteiger partial charge is 0.224 e. The molecule has 3 N–H and O–H groups in total. The van der Waals surface area contributed by atoms with Crippen LogP contribution < -0.4 is 10.6 Å². The minimum Gasteiger partial charge on any atom is -0.396 e. The molecule has 1 saturated heterocycles. The summed E-state index contributed by atoms with van der Waals surface area (Å²) in [4.78, 5) is 13.0. The summed E-state index contributed by atoms with van der Waals surface area (Å²) in [6, 6.07) is 24.9. The van der Waals surface area contributed by atoms with E-state index in [2.05, 4.69) is 71.3 Å². The minimum atomic E-state index is -0.120. The number of nitrogens with one attached hydrogen (secondary N) is 2. The molecular weight excluding hydrogens is 408 g/mol. The topological polar surface area (TPSA) is 61.4 Å². The molecule has 4 heteroatoms. The van der Waals surface area contributed by atoms with Crippen LogP contribution in [0.4, 0.5) is 0 Å². The Kier molecular flexibility index (Phi) is 8.29. The lowest BCUT2D eigenvalue weighted by Gasteiger charge is -2.25. The normalized spacial score (nSPS) is 18.3. The molecular formula is C29H34N2O2. The van der Waals surface area contributed by atoms with Gasteiger partial charge in [0.05, 0.1) is 12.0 Å². The van der Waals surface area contributed by atoms with Crippen LogP contribution in [-0.4, -0.2) is 36.8 Å². The summed E-state index contributed by atoms with van der Waals surface area (Å²) in [6.45, 7) is 1.81. The van der Waals surface area contributed by atoms with Crippen molar-refractivity contribution < 1.29 is 9.90 Å². The molecule has 1 aliphatic rings. The van der Waals surface area contributed by atoms with E-state index in [-0.39, 0.29) is 30.4 Å². The van der Waals surface area contributed by atoms with Crippen molar-refractivity contribution in [3.05, 3.63) is 96.1 Å². The number of fused-ring (bicyclic) bond motifs is 1. The molecule has 3 atom stereocenters. The number of piperidine rings is 1. The maximum atomic E-state index is 13.0. The molecule has 4 rings (SSSR count). The van der Waals surface area contributed by atoms with Gasteiger partial charge in [-0.3, -0.25) is 4.79 Å². The van der Waals surface area contributed by atoms with E-state index >= 15 is 0 Å². The number of amides is 1. The van der Waals surface area contributed by atoms with E-state index in [1.165, 1.54) is 21.9 Å². The Bertz CT molecular complexity index is 1060. The Morgan fingerprint density at radius 2 is 1.76 bits per heavy atom. The quantitative estimate of drug-likeness (QED) is 0.434. The summed E-state index contributed by atoms with van der Waals surface area (Å²) in [5.41, 5.74) is 2.39. The summed E-state index contributed by atoms with van der Waals surface area (Å²) in [7, 11) is 0. The van der Waals surface area contributed by atoms with Crippen molar-refractivity contribution >= 4 is 16.7 Å². The van der Waals surface area contributed by atoms with E-state index in [1.54, 1.807) is 0 Å². The van der Waals surface area contributed by atoms with Crippen molar-refractivity contribution in [2.24, 2.45) is 11.8 Å². The van der Waals surface area contributed by atoms with Crippen LogP contribution in [0.15, 0.2) is 84.9 Å². The van der Waals surface area contributed by atoms with Crippen molar-refractivity contribution in [1.29, 1.82) is 0 Å². The molecule has 0 saturated carbocycles. The van der Waals surface area contributed by atoms with Gasteiger partial charge in [-0.25, -0.2) is 0 Å². The fraction of sp³-hybridized carbons (Fsp3) is 0.345. The predicted octanol–water partition coefficient (Wildman–Crippen LogP) is 4.27. The zero-order valence-corrected chi connectivity index (χ0v) is 19.1. The molecule has 0 aromatic heterocycles. The number of rotatable bonds is 9. The van der Waals surface area contributed by atoms with Gasteiger partial charge in [0.1, 0.15) is 0 Å². The SMILES string of the molecule is O=C(N[C@@H](/C=C/C(CO)Cc1ccccc1)Cc1ccc2ccccc2c1)C1CCCNC1. The third-order valence-corrected chi connectivity index (χ3v) is 6.46. The second-order valence-corrected chi connectivity index (χ2v) is 9.06. The first-order valence-electron chi connectivity index (χ1n) is 12.0. The number of hydrogen-bond donors (Lipinski definition) is 3. The Balaban J connectivity index is 1.50. The van der Waals surface area contributed by atoms with Gasteiger partial charge in [-0.1, -0.05) is 84.9 Å².